The molecule has 0 saturated heterocycles. The number of carbonyl (C=O) groups excluding carboxylic acids is 2. The molecule has 106 valence electrons. The summed E-state index contributed by atoms with van der Waals surface area (Å²) in [6, 6.07) is 0. The van der Waals surface area contributed by atoms with E-state index in [1.54, 1.807) is 20.8 Å². The van der Waals surface area contributed by atoms with Gasteiger partial charge in [-0.05, 0) is 27.7 Å². The number of rotatable bonds is 5. The first kappa shape index (κ1) is 16.9. The van der Waals surface area contributed by atoms with Gasteiger partial charge in [-0.1, -0.05) is 0 Å². The van der Waals surface area contributed by atoms with Gasteiger partial charge in [0.15, 0.2) is 5.78 Å². The Morgan fingerprint density at radius 1 is 1.17 bits per heavy atom. The standard InChI is InChI=1S/C11H17F3O4/c1-7(9(16)18-10(2,3)4)8(15)5-17-6-11(12,13)14/h7H,5-6H2,1-4H3. The average molecular weight is 270 g/mol. The fraction of sp³-hybridized carbons (Fsp3) is 0.818. The van der Waals surface area contributed by atoms with E-state index in [1.165, 1.54) is 6.92 Å². The fourth-order valence-electron chi connectivity index (χ4n) is 0.914. The zero-order valence-corrected chi connectivity index (χ0v) is 10.8. The van der Waals surface area contributed by atoms with E-state index in [1.807, 2.05) is 0 Å². The molecule has 0 fully saturated rings. The third-order valence-corrected chi connectivity index (χ3v) is 1.75. The van der Waals surface area contributed by atoms with Crippen molar-refractivity contribution in [2.45, 2.75) is 39.5 Å². The van der Waals surface area contributed by atoms with Crippen LogP contribution in [0.15, 0.2) is 0 Å². The van der Waals surface area contributed by atoms with E-state index in [0.717, 1.165) is 0 Å². The number of ether oxygens (including phenoxy) is 2. The van der Waals surface area contributed by atoms with Gasteiger partial charge in [0, 0.05) is 0 Å². The van der Waals surface area contributed by atoms with Crippen molar-refractivity contribution in [3.05, 3.63) is 0 Å². The molecule has 18 heavy (non-hydrogen) atoms. The molecule has 0 spiro atoms. The summed E-state index contributed by atoms with van der Waals surface area (Å²) in [7, 11) is 0. The largest absolute Gasteiger partial charge is 0.459 e. The lowest BCUT2D eigenvalue weighted by Crippen LogP contribution is -2.33. The van der Waals surface area contributed by atoms with Crippen molar-refractivity contribution in [2.24, 2.45) is 5.92 Å². The van der Waals surface area contributed by atoms with Crippen LogP contribution < -0.4 is 0 Å². The van der Waals surface area contributed by atoms with Crippen molar-refractivity contribution in [3.8, 4) is 0 Å². The topological polar surface area (TPSA) is 52.6 Å². The predicted molar refractivity (Wildman–Crippen MR) is 56.9 cm³/mol. The second kappa shape index (κ2) is 6.17. The number of hydrogen-bond donors (Lipinski definition) is 0. The normalized spacial score (nSPS) is 14.2. The molecule has 0 amide bonds. The molecule has 0 bridgehead atoms. The van der Waals surface area contributed by atoms with Crippen LogP contribution in [0.2, 0.25) is 0 Å². The Labute approximate surface area is 103 Å². The number of carbonyl (C=O) groups is 2. The van der Waals surface area contributed by atoms with Crippen LogP contribution in [0, 0.1) is 5.92 Å². The Bertz CT molecular complexity index is 304. The molecular formula is C11H17F3O4. The molecule has 0 aliphatic rings. The SMILES string of the molecule is CC(C(=O)COCC(F)(F)F)C(=O)OC(C)(C)C. The zero-order valence-electron chi connectivity index (χ0n) is 10.8. The summed E-state index contributed by atoms with van der Waals surface area (Å²) in [6.45, 7) is 3.87. The van der Waals surface area contributed by atoms with Crippen LogP contribution in [0.1, 0.15) is 27.7 Å². The van der Waals surface area contributed by atoms with Crippen molar-refractivity contribution >= 4 is 11.8 Å². The van der Waals surface area contributed by atoms with Crippen LogP contribution in [0.5, 0.6) is 0 Å². The van der Waals surface area contributed by atoms with E-state index >= 15 is 0 Å². The van der Waals surface area contributed by atoms with Gasteiger partial charge in [0.25, 0.3) is 0 Å². The predicted octanol–water partition coefficient (Wildman–Crippen LogP) is 2.11. The molecule has 0 aromatic heterocycles. The lowest BCUT2D eigenvalue weighted by molar-refractivity contribution is -0.177. The maximum atomic E-state index is 11.8. The highest BCUT2D eigenvalue weighted by Crippen LogP contribution is 2.15. The number of Topliss-reactive ketones (excluding diaryl/α,β-unsaturated/α-hetero) is 1. The van der Waals surface area contributed by atoms with E-state index in [-0.39, 0.29) is 0 Å². The molecule has 0 saturated carbocycles. The van der Waals surface area contributed by atoms with Gasteiger partial charge < -0.3 is 9.47 Å². The molecule has 0 aliphatic carbocycles. The first-order valence-corrected chi connectivity index (χ1v) is 5.32. The number of alkyl halides is 3. The second-order valence-corrected chi connectivity index (χ2v) is 4.83. The van der Waals surface area contributed by atoms with Gasteiger partial charge in [-0.3, -0.25) is 9.59 Å². The number of halogens is 3. The molecule has 1 unspecified atom stereocenters. The first-order chi connectivity index (χ1) is 7.92. The van der Waals surface area contributed by atoms with Crippen LogP contribution in [0.4, 0.5) is 13.2 Å². The van der Waals surface area contributed by atoms with E-state index in [0.29, 0.717) is 0 Å². The summed E-state index contributed by atoms with van der Waals surface area (Å²) in [5, 5.41) is 0. The summed E-state index contributed by atoms with van der Waals surface area (Å²) in [5.74, 6) is -2.66. The van der Waals surface area contributed by atoms with Gasteiger partial charge in [0.2, 0.25) is 0 Å². The van der Waals surface area contributed by atoms with Gasteiger partial charge >= 0.3 is 12.1 Å². The molecule has 0 N–H and O–H groups in total. The van der Waals surface area contributed by atoms with Crippen molar-refractivity contribution < 1.29 is 32.2 Å². The maximum absolute atomic E-state index is 11.8. The zero-order chi connectivity index (χ0) is 14.6. The van der Waals surface area contributed by atoms with Crippen molar-refractivity contribution in [2.75, 3.05) is 13.2 Å². The van der Waals surface area contributed by atoms with Gasteiger partial charge in [0.05, 0.1) is 0 Å². The molecule has 0 aliphatic heterocycles. The summed E-state index contributed by atoms with van der Waals surface area (Å²) < 4.78 is 44.4. The van der Waals surface area contributed by atoms with Crippen molar-refractivity contribution in [1.82, 2.24) is 0 Å². The number of esters is 1. The Morgan fingerprint density at radius 2 is 1.67 bits per heavy atom. The van der Waals surface area contributed by atoms with Gasteiger partial charge in [-0.25, -0.2) is 0 Å². The summed E-state index contributed by atoms with van der Waals surface area (Å²) in [4.78, 5) is 22.8. The van der Waals surface area contributed by atoms with Crippen molar-refractivity contribution in [1.29, 1.82) is 0 Å². The van der Waals surface area contributed by atoms with Gasteiger partial charge in [-0.15, -0.1) is 0 Å². The third kappa shape index (κ3) is 8.05. The van der Waals surface area contributed by atoms with Crippen LogP contribution in [0.25, 0.3) is 0 Å². The number of hydrogen-bond acceptors (Lipinski definition) is 4. The smallest absolute Gasteiger partial charge is 0.411 e. The molecule has 1 atom stereocenters. The number of ketones is 1. The quantitative estimate of drug-likeness (QED) is 0.567. The Balaban J connectivity index is 4.15. The minimum Gasteiger partial charge on any atom is -0.459 e. The van der Waals surface area contributed by atoms with Crippen LogP contribution >= 0.6 is 0 Å². The van der Waals surface area contributed by atoms with E-state index < -0.39 is 42.7 Å². The fourth-order valence-corrected chi connectivity index (χ4v) is 0.914. The van der Waals surface area contributed by atoms with Gasteiger partial charge in [-0.2, -0.15) is 13.2 Å². The Morgan fingerprint density at radius 3 is 2.06 bits per heavy atom. The average Bonchev–Trinajstić information content (AvgIpc) is 2.11. The highest BCUT2D eigenvalue weighted by Gasteiger charge is 2.30. The highest BCUT2D eigenvalue weighted by atomic mass is 19.4. The van der Waals surface area contributed by atoms with Gasteiger partial charge in [0.1, 0.15) is 24.7 Å². The molecule has 0 rings (SSSR count). The minimum atomic E-state index is -4.49. The molecule has 0 aromatic rings. The second-order valence-electron chi connectivity index (χ2n) is 4.83. The van der Waals surface area contributed by atoms with Crippen LogP contribution in [-0.4, -0.2) is 36.7 Å². The summed E-state index contributed by atoms with van der Waals surface area (Å²) in [5.41, 5.74) is -0.752. The van der Waals surface area contributed by atoms with Crippen LogP contribution in [0.3, 0.4) is 0 Å². The van der Waals surface area contributed by atoms with E-state index in [2.05, 4.69) is 4.74 Å². The molecule has 0 heterocycles. The molecule has 7 heteroatoms. The third-order valence-electron chi connectivity index (χ3n) is 1.75. The van der Waals surface area contributed by atoms with Crippen molar-refractivity contribution in [3.63, 3.8) is 0 Å². The van der Waals surface area contributed by atoms with Crippen LogP contribution in [-0.2, 0) is 19.1 Å². The Kier molecular flexibility index (Phi) is 5.79. The summed E-state index contributed by atoms with van der Waals surface area (Å²) in [6.07, 6.45) is -4.49. The molecular weight excluding hydrogens is 253 g/mol. The molecule has 4 nitrogen and oxygen atoms in total. The lowest BCUT2D eigenvalue weighted by atomic mass is 10.1. The highest BCUT2D eigenvalue weighted by molar-refractivity contribution is 5.99. The first-order valence-electron chi connectivity index (χ1n) is 5.32. The maximum Gasteiger partial charge on any atom is 0.411 e. The summed E-state index contributed by atoms with van der Waals surface area (Å²) >= 11 is 0. The molecule has 0 aromatic carbocycles. The van der Waals surface area contributed by atoms with E-state index in [9.17, 15) is 22.8 Å². The lowest BCUT2D eigenvalue weighted by Gasteiger charge is -2.21. The molecule has 0 radical (unpaired) electrons. The Hall–Kier alpha value is -1.11. The monoisotopic (exact) mass is 270 g/mol. The minimum absolute atomic E-state index is 0.742. The van der Waals surface area contributed by atoms with E-state index in [4.69, 9.17) is 4.74 Å².